The van der Waals surface area contributed by atoms with E-state index in [4.69, 9.17) is 4.98 Å². The Labute approximate surface area is 211 Å². The number of nitrogens with one attached hydrogen (secondary N) is 2. The summed E-state index contributed by atoms with van der Waals surface area (Å²) in [6.07, 6.45) is 4.43. The highest BCUT2D eigenvalue weighted by atomic mass is 16.1. The molecule has 9 nitrogen and oxygen atoms in total. The lowest BCUT2D eigenvalue weighted by Gasteiger charge is -2.24. The van der Waals surface area contributed by atoms with Gasteiger partial charge in [-0.1, -0.05) is 13.0 Å². The Morgan fingerprint density at radius 1 is 1.14 bits per heavy atom. The molecule has 0 amide bonds. The largest absolute Gasteiger partial charge is 0.324 e. The molecule has 0 spiro atoms. The number of pyridine rings is 1. The fourth-order valence-electron chi connectivity index (χ4n) is 4.87. The minimum absolute atomic E-state index is 0.101. The summed E-state index contributed by atoms with van der Waals surface area (Å²) in [7, 11) is 0. The molecule has 1 aliphatic heterocycles. The summed E-state index contributed by atoms with van der Waals surface area (Å²) >= 11 is 0. The van der Waals surface area contributed by atoms with E-state index in [1.807, 2.05) is 29.8 Å². The Bertz CT molecular complexity index is 1440. The van der Waals surface area contributed by atoms with Gasteiger partial charge in [0.15, 0.2) is 5.65 Å². The summed E-state index contributed by atoms with van der Waals surface area (Å²) in [6.45, 7) is 12.6. The summed E-state index contributed by atoms with van der Waals surface area (Å²) in [5, 5.41) is 7.24. The molecule has 4 heterocycles. The van der Waals surface area contributed by atoms with E-state index in [0.717, 1.165) is 49.7 Å². The highest BCUT2D eigenvalue weighted by Gasteiger charge is 2.18. The Morgan fingerprint density at radius 2 is 2.00 bits per heavy atom. The smallest absolute Gasteiger partial charge is 0.278 e. The van der Waals surface area contributed by atoms with Gasteiger partial charge in [0.2, 0.25) is 5.95 Å². The Morgan fingerprint density at radius 3 is 2.78 bits per heavy atom. The normalized spacial score (nSPS) is 13.5. The molecule has 5 rings (SSSR count). The molecule has 0 bridgehead atoms. The summed E-state index contributed by atoms with van der Waals surface area (Å²) in [6, 6.07) is 10.7. The molecular weight excluding hydrogens is 452 g/mol. The van der Waals surface area contributed by atoms with Crippen molar-refractivity contribution in [3.05, 3.63) is 69.9 Å². The third-order valence-electron chi connectivity index (χ3n) is 6.87. The SMILES string of the molecule is CCN(Cc1cc(-n2c3nc(Nc4ccc5c(c4)CCNC5)ncc3c(=O)n2CC)ccn1)C(C)C. The van der Waals surface area contributed by atoms with Gasteiger partial charge in [0.1, 0.15) is 5.39 Å². The van der Waals surface area contributed by atoms with Crippen LogP contribution in [0.2, 0.25) is 0 Å². The summed E-state index contributed by atoms with van der Waals surface area (Å²) < 4.78 is 3.59. The topological polar surface area (TPSA) is 92.9 Å². The van der Waals surface area contributed by atoms with Crippen molar-refractivity contribution < 1.29 is 0 Å². The van der Waals surface area contributed by atoms with Crippen molar-refractivity contribution in [1.82, 2.24) is 34.5 Å². The van der Waals surface area contributed by atoms with E-state index in [-0.39, 0.29) is 5.56 Å². The lowest BCUT2D eigenvalue weighted by atomic mass is 10.0. The Balaban J connectivity index is 1.54. The van der Waals surface area contributed by atoms with E-state index in [1.54, 1.807) is 17.1 Å². The summed E-state index contributed by atoms with van der Waals surface area (Å²) in [5.74, 6) is 0.463. The zero-order chi connectivity index (χ0) is 25.2. The number of hydrogen-bond donors (Lipinski definition) is 2. The van der Waals surface area contributed by atoms with Crippen LogP contribution in [0.25, 0.3) is 16.7 Å². The van der Waals surface area contributed by atoms with Crippen LogP contribution in [-0.4, -0.2) is 48.3 Å². The van der Waals surface area contributed by atoms with Crippen molar-refractivity contribution in [2.75, 3.05) is 18.4 Å². The van der Waals surface area contributed by atoms with Gasteiger partial charge in [-0.15, -0.1) is 0 Å². The van der Waals surface area contributed by atoms with Crippen LogP contribution in [0.15, 0.2) is 47.5 Å². The van der Waals surface area contributed by atoms with Gasteiger partial charge in [0.25, 0.3) is 5.56 Å². The van der Waals surface area contributed by atoms with Crippen LogP contribution in [0.3, 0.4) is 0 Å². The van der Waals surface area contributed by atoms with Crippen LogP contribution in [0.1, 0.15) is 44.5 Å². The maximum Gasteiger partial charge on any atom is 0.278 e. The van der Waals surface area contributed by atoms with E-state index in [9.17, 15) is 4.79 Å². The highest BCUT2D eigenvalue weighted by molar-refractivity contribution is 5.77. The maximum atomic E-state index is 13.2. The molecule has 188 valence electrons. The van der Waals surface area contributed by atoms with Crippen LogP contribution >= 0.6 is 0 Å². The number of fused-ring (bicyclic) bond motifs is 2. The van der Waals surface area contributed by atoms with E-state index < -0.39 is 0 Å². The molecular formula is C27H34N8O. The van der Waals surface area contributed by atoms with Gasteiger partial charge in [0.05, 0.1) is 11.4 Å². The van der Waals surface area contributed by atoms with Crippen molar-refractivity contribution >= 4 is 22.7 Å². The van der Waals surface area contributed by atoms with Crippen molar-refractivity contribution in [3.8, 4) is 5.69 Å². The van der Waals surface area contributed by atoms with Gasteiger partial charge in [-0.3, -0.25) is 14.7 Å². The first-order chi connectivity index (χ1) is 17.5. The third-order valence-corrected chi connectivity index (χ3v) is 6.87. The first-order valence-electron chi connectivity index (χ1n) is 12.8. The number of hydrogen-bond acceptors (Lipinski definition) is 7. The van der Waals surface area contributed by atoms with Crippen LogP contribution in [0, 0.1) is 0 Å². The average molecular weight is 487 g/mol. The summed E-state index contributed by atoms with van der Waals surface area (Å²) in [4.78, 5) is 29.4. The molecule has 0 fully saturated rings. The zero-order valence-corrected chi connectivity index (χ0v) is 21.5. The molecule has 0 atom stereocenters. The standard InChI is InChI=1S/C27H34N8O/c1-5-33(18(3)4)17-22-14-23(10-12-29-22)35-25-24(26(36)34(35)6-2)16-30-27(32-25)31-21-8-7-20-15-28-11-9-19(20)13-21/h7-8,10,12-14,16,18,28H,5-6,9,11,15,17H2,1-4H3,(H,30,31,32). The molecule has 1 aromatic carbocycles. The Hall–Kier alpha value is -3.56. The van der Waals surface area contributed by atoms with Crippen molar-refractivity contribution in [3.63, 3.8) is 0 Å². The van der Waals surface area contributed by atoms with Crippen LogP contribution in [0.5, 0.6) is 0 Å². The van der Waals surface area contributed by atoms with E-state index in [2.05, 4.69) is 58.4 Å². The van der Waals surface area contributed by atoms with Crippen LogP contribution in [0.4, 0.5) is 11.6 Å². The number of rotatable bonds is 8. The molecule has 1 aliphatic rings. The molecule has 0 saturated heterocycles. The number of benzene rings is 1. The molecule has 9 heteroatoms. The van der Waals surface area contributed by atoms with Gasteiger partial charge >= 0.3 is 0 Å². The first-order valence-corrected chi connectivity index (χ1v) is 12.8. The molecule has 0 saturated carbocycles. The maximum absolute atomic E-state index is 13.2. The van der Waals surface area contributed by atoms with Crippen molar-refractivity contribution in [2.24, 2.45) is 0 Å². The van der Waals surface area contributed by atoms with E-state index in [0.29, 0.717) is 29.6 Å². The molecule has 0 radical (unpaired) electrons. The quantitative estimate of drug-likeness (QED) is 0.393. The van der Waals surface area contributed by atoms with Gasteiger partial charge in [0, 0.05) is 43.8 Å². The van der Waals surface area contributed by atoms with Crippen LogP contribution in [-0.2, 0) is 26.1 Å². The predicted molar refractivity (Wildman–Crippen MR) is 143 cm³/mol. The highest BCUT2D eigenvalue weighted by Crippen LogP contribution is 2.23. The molecule has 3 aromatic heterocycles. The number of nitrogens with zero attached hydrogens (tertiary/aromatic N) is 6. The fraction of sp³-hybridized carbons (Fsp3) is 0.407. The summed E-state index contributed by atoms with van der Waals surface area (Å²) in [5.41, 5.74) is 5.89. The lowest BCUT2D eigenvalue weighted by Crippen LogP contribution is -2.30. The molecule has 36 heavy (non-hydrogen) atoms. The third kappa shape index (κ3) is 4.64. The number of anilines is 2. The van der Waals surface area contributed by atoms with Gasteiger partial charge in [-0.2, -0.15) is 4.98 Å². The lowest BCUT2D eigenvalue weighted by molar-refractivity contribution is 0.222. The van der Waals surface area contributed by atoms with Gasteiger partial charge in [-0.05, 0) is 75.7 Å². The minimum Gasteiger partial charge on any atom is -0.324 e. The number of aromatic nitrogens is 5. The van der Waals surface area contributed by atoms with Crippen molar-refractivity contribution in [1.29, 1.82) is 0 Å². The predicted octanol–water partition coefficient (Wildman–Crippen LogP) is 3.62. The fourth-order valence-corrected chi connectivity index (χ4v) is 4.87. The van der Waals surface area contributed by atoms with Gasteiger partial charge < -0.3 is 10.6 Å². The second-order valence-corrected chi connectivity index (χ2v) is 9.46. The molecule has 0 unspecified atom stereocenters. The molecule has 0 aliphatic carbocycles. The Kier molecular flexibility index (Phi) is 6.84. The first kappa shape index (κ1) is 24.1. The second-order valence-electron chi connectivity index (χ2n) is 9.46. The van der Waals surface area contributed by atoms with Gasteiger partial charge in [-0.25, -0.2) is 14.3 Å². The zero-order valence-electron chi connectivity index (χ0n) is 21.5. The van der Waals surface area contributed by atoms with Crippen LogP contribution < -0.4 is 16.2 Å². The van der Waals surface area contributed by atoms with E-state index >= 15 is 0 Å². The monoisotopic (exact) mass is 486 g/mol. The average Bonchev–Trinajstić information content (AvgIpc) is 3.18. The minimum atomic E-state index is -0.101. The van der Waals surface area contributed by atoms with E-state index in [1.165, 1.54) is 11.1 Å². The molecule has 4 aromatic rings. The second kappa shape index (κ2) is 10.2. The van der Waals surface area contributed by atoms with Crippen molar-refractivity contribution in [2.45, 2.75) is 59.8 Å². The molecule has 2 N–H and O–H groups in total.